The number of carbonyl (C=O) groups is 1. The predicted octanol–water partition coefficient (Wildman–Crippen LogP) is 3.03. The molecule has 0 amide bonds. The summed E-state index contributed by atoms with van der Waals surface area (Å²) >= 11 is 5.55. The summed E-state index contributed by atoms with van der Waals surface area (Å²) in [6, 6.07) is 5.56. The lowest BCUT2D eigenvalue weighted by molar-refractivity contribution is 0.0600. The van der Waals surface area contributed by atoms with Gasteiger partial charge in [-0.15, -0.1) is 11.6 Å². The summed E-state index contributed by atoms with van der Waals surface area (Å²) in [6.45, 7) is 1.97. The first-order valence-corrected chi connectivity index (χ1v) is 5.14. The van der Waals surface area contributed by atoms with Crippen LogP contribution < -0.4 is 0 Å². The van der Waals surface area contributed by atoms with E-state index in [0.717, 1.165) is 11.1 Å². The lowest BCUT2D eigenvalue weighted by Gasteiger charge is -2.04. The molecule has 80 valence electrons. The molecule has 0 spiro atoms. The molecule has 1 aromatic carbocycles. The summed E-state index contributed by atoms with van der Waals surface area (Å²) < 4.78 is 4.69. The van der Waals surface area contributed by atoms with Gasteiger partial charge in [-0.25, -0.2) is 4.79 Å². The fraction of sp³-hybridized carbons (Fsp3) is 0.250. The van der Waals surface area contributed by atoms with Gasteiger partial charge in [0.15, 0.2) is 0 Å². The molecular formula is C12H13ClO2. The number of halogens is 1. The predicted molar refractivity (Wildman–Crippen MR) is 62.3 cm³/mol. The van der Waals surface area contributed by atoms with Crippen LogP contribution in [-0.4, -0.2) is 19.0 Å². The fourth-order valence-electron chi connectivity index (χ4n) is 1.29. The van der Waals surface area contributed by atoms with E-state index in [1.54, 1.807) is 12.1 Å². The van der Waals surface area contributed by atoms with Crippen LogP contribution in [0.5, 0.6) is 0 Å². The number of carbonyl (C=O) groups excluding carboxylic acids is 1. The van der Waals surface area contributed by atoms with Gasteiger partial charge >= 0.3 is 5.97 Å². The Morgan fingerprint density at radius 1 is 1.53 bits per heavy atom. The van der Waals surface area contributed by atoms with Crippen molar-refractivity contribution in [1.82, 2.24) is 0 Å². The first-order chi connectivity index (χ1) is 7.19. The van der Waals surface area contributed by atoms with Crippen LogP contribution in [0.15, 0.2) is 24.3 Å². The Morgan fingerprint density at radius 2 is 2.27 bits per heavy atom. The lowest BCUT2D eigenvalue weighted by atomic mass is 10.0. The Hall–Kier alpha value is -1.28. The summed E-state index contributed by atoms with van der Waals surface area (Å²) in [5, 5.41) is 0. The average molecular weight is 225 g/mol. The van der Waals surface area contributed by atoms with E-state index in [2.05, 4.69) is 0 Å². The highest BCUT2D eigenvalue weighted by atomic mass is 35.5. The second-order valence-electron chi connectivity index (χ2n) is 3.14. The van der Waals surface area contributed by atoms with E-state index in [-0.39, 0.29) is 5.97 Å². The first kappa shape index (κ1) is 11.8. The minimum absolute atomic E-state index is 0.329. The molecule has 0 aliphatic rings. The third kappa shape index (κ3) is 3.10. The van der Waals surface area contributed by atoms with E-state index in [9.17, 15) is 4.79 Å². The molecule has 0 atom stereocenters. The Morgan fingerprint density at radius 3 is 2.87 bits per heavy atom. The molecule has 0 N–H and O–H groups in total. The molecule has 0 unspecified atom stereocenters. The molecule has 0 saturated heterocycles. The number of ether oxygens (including phenoxy) is 1. The first-order valence-electron chi connectivity index (χ1n) is 4.60. The van der Waals surface area contributed by atoms with Gasteiger partial charge in [0, 0.05) is 5.88 Å². The molecule has 0 heterocycles. The Kier molecular flexibility index (Phi) is 4.37. The summed E-state index contributed by atoms with van der Waals surface area (Å²) in [7, 11) is 1.37. The number of allylic oxidation sites excluding steroid dienone is 1. The van der Waals surface area contributed by atoms with Crippen LogP contribution in [0, 0.1) is 6.92 Å². The molecule has 0 aliphatic carbocycles. The second-order valence-corrected chi connectivity index (χ2v) is 3.45. The number of rotatable bonds is 3. The summed E-state index contributed by atoms with van der Waals surface area (Å²) in [5.74, 6) is 0.0957. The zero-order valence-electron chi connectivity index (χ0n) is 8.79. The monoisotopic (exact) mass is 224 g/mol. The van der Waals surface area contributed by atoms with Crippen molar-refractivity contribution in [2.45, 2.75) is 6.92 Å². The number of hydrogen-bond donors (Lipinski definition) is 0. The molecule has 15 heavy (non-hydrogen) atoms. The van der Waals surface area contributed by atoms with Crippen LogP contribution in [0.3, 0.4) is 0 Å². The van der Waals surface area contributed by atoms with Gasteiger partial charge in [-0.1, -0.05) is 29.8 Å². The number of benzene rings is 1. The molecule has 0 bridgehead atoms. The van der Waals surface area contributed by atoms with Crippen LogP contribution in [-0.2, 0) is 4.74 Å². The van der Waals surface area contributed by atoms with Gasteiger partial charge < -0.3 is 4.74 Å². The van der Waals surface area contributed by atoms with Crippen molar-refractivity contribution in [1.29, 1.82) is 0 Å². The van der Waals surface area contributed by atoms with E-state index in [4.69, 9.17) is 16.3 Å². The largest absolute Gasteiger partial charge is 0.465 e. The highest BCUT2D eigenvalue weighted by Gasteiger charge is 2.09. The highest BCUT2D eigenvalue weighted by Crippen LogP contribution is 2.14. The van der Waals surface area contributed by atoms with Gasteiger partial charge in [0.25, 0.3) is 0 Å². The van der Waals surface area contributed by atoms with Gasteiger partial charge in [-0.2, -0.15) is 0 Å². The number of hydrogen-bond acceptors (Lipinski definition) is 2. The molecule has 0 aliphatic heterocycles. The van der Waals surface area contributed by atoms with Crippen LogP contribution in [0.2, 0.25) is 0 Å². The van der Waals surface area contributed by atoms with E-state index in [1.165, 1.54) is 7.11 Å². The lowest BCUT2D eigenvalue weighted by Crippen LogP contribution is -2.03. The van der Waals surface area contributed by atoms with Crippen molar-refractivity contribution in [3.8, 4) is 0 Å². The zero-order valence-corrected chi connectivity index (χ0v) is 9.54. The van der Waals surface area contributed by atoms with E-state index in [0.29, 0.717) is 11.4 Å². The molecule has 1 rings (SSSR count). The van der Waals surface area contributed by atoms with Crippen LogP contribution in [0.25, 0.3) is 6.08 Å². The van der Waals surface area contributed by atoms with Crippen molar-refractivity contribution in [3.63, 3.8) is 0 Å². The maximum absolute atomic E-state index is 11.4. The third-order valence-corrected chi connectivity index (χ3v) is 2.18. The molecule has 2 nitrogen and oxygen atoms in total. The van der Waals surface area contributed by atoms with Crippen molar-refractivity contribution in [2.24, 2.45) is 0 Å². The zero-order chi connectivity index (χ0) is 11.3. The maximum atomic E-state index is 11.4. The summed E-state index contributed by atoms with van der Waals surface area (Å²) in [4.78, 5) is 11.4. The van der Waals surface area contributed by atoms with Gasteiger partial charge in [-0.05, 0) is 18.6 Å². The Balaban J connectivity index is 3.14. The second kappa shape index (κ2) is 5.56. The molecule has 0 aromatic heterocycles. The number of methoxy groups -OCH3 is 1. The van der Waals surface area contributed by atoms with E-state index >= 15 is 0 Å². The van der Waals surface area contributed by atoms with Gasteiger partial charge in [0.05, 0.1) is 12.7 Å². The molecule has 0 fully saturated rings. The van der Waals surface area contributed by atoms with Crippen molar-refractivity contribution in [3.05, 3.63) is 41.0 Å². The minimum Gasteiger partial charge on any atom is -0.465 e. The van der Waals surface area contributed by atoms with Crippen molar-refractivity contribution < 1.29 is 9.53 Å². The maximum Gasteiger partial charge on any atom is 0.338 e. The quantitative estimate of drug-likeness (QED) is 0.583. The van der Waals surface area contributed by atoms with Crippen LogP contribution in [0.4, 0.5) is 0 Å². The van der Waals surface area contributed by atoms with Crippen molar-refractivity contribution >= 4 is 23.6 Å². The number of aryl methyl sites for hydroxylation is 1. The molecule has 3 heteroatoms. The van der Waals surface area contributed by atoms with Crippen molar-refractivity contribution in [2.75, 3.05) is 13.0 Å². The summed E-state index contributed by atoms with van der Waals surface area (Å²) in [6.07, 6.45) is 3.62. The fourth-order valence-corrected chi connectivity index (χ4v) is 1.38. The molecule has 0 saturated carbocycles. The SMILES string of the molecule is COC(=O)c1ccc(C)cc1C=CCCl. The molecular weight excluding hydrogens is 212 g/mol. The highest BCUT2D eigenvalue weighted by molar-refractivity contribution is 6.19. The number of esters is 1. The average Bonchev–Trinajstić information content (AvgIpc) is 2.25. The third-order valence-electron chi connectivity index (χ3n) is 2.00. The smallest absolute Gasteiger partial charge is 0.338 e. The Labute approximate surface area is 94.5 Å². The molecule has 0 radical (unpaired) electrons. The van der Waals surface area contributed by atoms with E-state index < -0.39 is 0 Å². The normalized spacial score (nSPS) is 10.6. The van der Waals surface area contributed by atoms with Gasteiger partial charge in [-0.3, -0.25) is 0 Å². The summed E-state index contributed by atoms with van der Waals surface area (Å²) in [5.41, 5.74) is 2.49. The topological polar surface area (TPSA) is 26.3 Å². The van der Waals surface area contributed by atoms with Gasteiger partial charge in [0.1, 0.15) is 0 Å². The van der Waals surface area contributed by atoms with E-state index in [1.807, 2.05) is 25.1 Å². The number of alkyl halides is 1. The van der Waals surface area contributed by atoms with Crippen LogP contribution in [0.1, 0.15) is 21.5 Å². The van der Waals surface area contributed by atoms with Crippen LogP contribution >= 0.6 is 11.6 Å². The minimum atomic E-state index is -0.329. The molecule has 1 aromatic rings. The standard InChI is InChI=1S/C12H13ClO2/c1-9-5-6-11(12(14)15-2)10(8-9)4-3-7-13/h3-6,8H,7H2,1-2H3. The van der Waals surface area contributed by atoms with Gasteiger partial charge in [0.2, 0.25) is 0 Å². The Bertz CT molecular complexity index is 383.